The maximum Gasteiger partial charge on any atom is 0.162 e. The number of aliphatic hydroxyl groups excluding tert-OH is 2. The van der Waals surface area contributed by atoms with Gasteiger partial charge >= 0.3 is 0 Å². The summed E-state index contributed by atoms with van der Waals surface area (Å²) in [6, 6.07) is -0.715. The minimum Gasteiger partial charge on any atom is -0.394 e. The van der Waals surface area contributed by atoms with Crippen LogP contribution in [0.5, 0.6) is 0 Å². The molecule has 1 fully saturated rings. The molecule has 0 radical (unpaired) electrons. The molecule has 0 bridgehead atoms. The number of hydrogen-bond donors (Lipinski definition) is 2. The van der Waals surface area contributed by atoms with Crippen LogP contribution in [0.3, 0.4) is 0 Å². The number of hydrogen-bond acceptors (Lipinski definition) is 5. The molecule has 1 rings (SSSR count). The maximum absolute atomic E-state index is 12.4. The number of carbonyl (C=O) groups is 2. The van der Waals surface area contributed by atoms with Gasteiger partial charge in [-0.25, -0.2) is 0 Å². The highest BCUT2D eigenvalue weighted by molar-refractivity contribution is 5.96. The zero-order valence-corrected chi connectivity index (χ0v) is 13.1. The number of ketones is 1. The Morgan fingerprint density at radius 2 is 1.75 bits per heavy atom. The van der Waals surface area contributed by atoms with Gasteiger partial charge in [0.05, 0.1) is 24.7 Å². The Morgan fingerprint density at radius 1 is 1.30 bits per heavy atom. The van der Waals surface area contributed by atoms with E-state index in [1.54, 1.807) is 6.92 Å². The van der Waals surface area contributed by atoms with Gasteiger partial charge in [-0.15, -0.1) is 0 Å². The summed E-state index contributed by atoms with van der Waals surface area (Å²) in [5.74, 6) is -0.995. The highest BCUT2D eigenvalue weighted by Crippen LogP contribution is 2.40. The Balaban J connectivity index is 3.16. The van der Waals surface area contributed by atoms with Crippen molar-refractivity contribution in [3.8, 4) is 0 Å². The van der Waals surface area contributed by atoms with Crippen molar-refractivity contribution in [1.82, 2.24) is 4.90 Å². The van der Waals surface area contributed by atoms with Crippen LogP contribution in [0.15, 0.2) is 0 Å². The second-order valence-corrected chi connectivity index (χ2v) is 7.08. The minimum atomic E-state index is -0.731. The first kappa shape index (κ1) is 17.3. The first-order valence-electron chi connectivity index (χ1n) is 7.14. The SMILES string of the molecule is CC(C=O)C(=O)C(CO)N1C(C)(C)CC(O)CC1(C)C. The second kappa shape index (κ2) is 5.92. The summed E-state index contributed by atoms with van der Waals surface area (Å²) < 4.78 is 0. The molecule has 5 nitrogen and oxygen atoms in total. The van der Waals surface area contributed by atoms with Gasteiger partial charge in [-0.3, -0.25) is 9.69 Å². The van der Waals surface area contributed by atoms with Crippen molar-refractivity contribution < 1.29 is 19.8 Å². The van der Waals surface area contributed by atoms with Crippen LogP contribution >= 0.6 is 0 Å². The highest BCUT2D eigenvalue weighted by Gasteiger charge is 2.49. The molecule has 0 spiro atoms. The molecule has 2 N–H and O–H groups in total. The second-order valence-electron chi connectivity index (χ2n) is 7.08. The molecule has 1 aliphatic rings. The lowest BCUT2D eigenvalue weighted by atomic mass is 9.76. The van der Waals surface area contributed by atoms with Gasteiger partial charge in [-0.05, 0) is 47.5 Å². The lowest BCUT2D eigenvalue weighted by molar-refractivity contribution is -0.150. The number of piperidine rings is 1. The van der Waals surface area contributed by atoms with E-state index >= 15 is 0 Å². The Morgan fingerprint density at radius 3 is 2.10 bits per heavy atom. The van der Waals surface area contributed by atoms with Crippen molar-refractivity contribution in [2.45, 2.75) is 70.7 Å². The summed E-state index contributed by atoms with van der Waals surface area (Å²) >= 11 is 0. The van der Waals surface area contributed by atoms with Crippen molar-refractivity contribution >= 4 is 12.1 Å². The van der Waals surface area contributed by atoms with Crippen LogP contribution in [0, 0.1) is 5.92 Å². The highest BCUT2D eigenvalue weighted by atomic mass is 16.3. The summed E-state index contributed by atoms with van der Waals surface area (Å²) in [6.07, 6.45) is 1.27. The van der Waals surface area contributed by atoms with Gasteiger partial charge in [0.15, 0.2) is 5.78 Å². The van der Waals surface area contributed by atoms with Crippen LogP contribution in [-0.2, 0) is 9.59 Å². The van der Waals surface area contributed by atoms with Crippen molar-refractivity contribution in [3.63, 3.8) is 0 Å². The lowest BCUT2D eigenvalue weighted by Crippen LogP contribution is -2.68. The molecule has 0 aromatic carbocycles. The molecule has 0 aromatic rings. The summed E-state index contributed by atoms with van der Waals surface area (Å²) in [5.41, 5.74) is -0.848. The fourth-order valence-electron chi connectivity index (χ4n) is 3.75. The number of rotatable bonds is 5. The van der Waals surface area contributed by atoms with Gasteiger partial charge in [0.2, 0.25) is 0 Å². The van der Waals surface area contributed by atoms with E-state index in [9.17, 15) is 19.8 Å². The quantitative estimate of drug-likeness (QED) is 0.576. The molecule has 116 valence electrons. The van der Waals surface area contributed by atoms with Crippen LogP contribution in [0.25, 0.3) is 0 Å². The smallest absolute Gasteiger partial charge is 0.162 e. The van der Waals surface area contributed by atoms with Crippen molar-refractivity contribution in [2.24, 2.45) is 5.92 Å². The molecule has 2 atom stereocenters. The van der Waals surface area contributed by atoms with E-state index in [1.807, 2.05) is 32.6 Å². The van der Waals surface area contributed by atoms with Crippen molar-refractivity contribution in [1.29, 1.82) is 0 Å². The number of nitrogens with zero attached hydrogens (tertiary/aromatic N) is 1. The van der Waals surface area contributed by atoms with E-state index in [-0.39, 0.29) is 12.4 Å². The third kappa shape index (κ3) is 3.27. The molecular weight excluding hydrogens is 258 g/mol. The average Bonchev–Trinajstić information content (AvgIpc) is 2.29. The largest absolute Gasteiger partial charge is 0.394 e. The first-order valence-corrected chi connectivity index (χ1v) is 7.14. The Labute approximate surface area is 121 Å². The van der Waals surface area contributed by atoms with Gasteiger partial charge < -0.3 is 15.0 Å². The van der Waals surface area contributed by atoms with E-state index in [2.05, 4.69) is 0 Å². The summed E-state index contributed by atoms with van der Waals surface area (Å²) in [7, 11) is 0. The van der Waals surface area contributed by atoms with Gasteiger partial charge in [0.25, 0.3) is 0 Å². The fraction of sp³-hybridized carbons (Fsp3) is 0.867. The molecule has 0 aromatic heterocycles. The van der Waals surface area contributed by atoms with Crippen molar-refractivity contribution in [2.75, 3.05) is 6.61 Å². The van der Waals surface area contributed by atoms with Crippen LogP contribution < -0.4 is 0 Å². The number of likely N-dealkylation sites (tertiary alicyclic amines) is 1. The summed E-state index contributed by atoms with van der Waals surface area (Å²) in [5, 5.41) is 19.7. The molecule has 5 heteroatoms. The number of aldehydes is 1. The molecule has 20 heavy (non-hydrogen) atoms. The zero-order chi connectivity index (χ0) is 15.7. The van der Waals surface area contributed by atoms with Crippen LogP contribution in [0.1, 0.15) is 47.5 Å². The molecule has 0 saturated carbocycles. The Kier molecular flexibility index (Phi) is 5.11. The van der Waals surface area contributed by atoms with E-state index in [0.717, 1.165) is 0 Å². The van der Waals surface area contributed by atoms with E-state index in [1.165, 1.54) is 0 Å². The Hall–Kier alpha value is -0.780. The Bertz CT molecular complexity index is 360. The standard InChI is InChI=1S/C15H27NO4/c1-10(8-17)13(20)12(9-18)16-14(2,3)6-11(19)7-15(16,4)5/h8,10-12,18-19H,6-7,9H2,1-5H3. The minimum absolute atomic E-state index is 0.264. The monoisotopic (exact) mass is 285 g/mol. The first-order chi connectivity index (χ1) is 9.06. The van der Waals surface area contributed by atoms with Gasteiger partial charge in [-0.2, -0.15) is 0 Å². The summed E-state index contributed by atoms with van der Waals surface area (Å²) in [4.78, 5) is 25.2. The molecule has 1 heterocycles. The molecule has 2 unspecified atom stereocenters. The van der Waals surface area contributed by atoms with Crippen molar-refractivity contribution in [3.05, 3.63) is 0 Å². The van der Waals surface area contributed by atoms with Gasteiger partial charge in [0.1, 0.15) is 6.29 Å². The lowest BCUT2D eigenvalue weighted by Gasteiger charge is -2.57. The predicted octanol–water partition coefficient (Wildman–Crippen LogP) is 0.765. The normalized spacial score (nSPS) is 25.9. The molecular formula is C15H27NO4. The topological polar surface area (TPSA) is 77.8 Å². The third-order valence-corrected chi connectivity index (χ3v) is 4.24. The molecule has 1 saturated heterocycles. The average molecular weight is 285 g/mol. The molecule has 1 aliphatic heterocycles. The maximum atomic E-state index is 12.4. The van der Waals surface area contributed by atoms with Gasteiger partial charge in [0, 0.05) is 11.1 Å². The van der Waals surface area contributed by atoms with Crippen LogP contribution in [0.2, 0.25) is 0 Å². The fourth-order valence-corrected chi connectivity index (χ4v) is 3.75. The van der Waals surface area contributed by atoms with E-state index in [0.29, 0.717) is 19.1 Å². The third-order valence-electron chi connectivity index (χ3n) is 4.24. The molecule has 0 aliphatic carbocycles. The zero-order valence-electron chi connectivity index (χ0n) is 13.1. The predicted molar refractivity (Wildman–Crippen MR) is 76.3 cm³/mol. The van der Waals surface area contributed by atoms with Crippen LogP contribution in [0.4, 0.5) is 0 Å². The molecule has 0 amide bonds. The number of aliphatic hydroxyl groups is 2. The number of carbonyl (C=O) groups excluding carboxylic acids is 2. The van der Waals surface area contributed by atoms with E-state index in [4.69, 9.17) is 0 Å². The van der Waals surface area contributed by atoms with E-state index < -0.39 is 29.1 Å². The van der Waals surface area contributed by atoms with Crippen LogP contribution in [-0.4, -0.2) is 57.0 Å². The number of Topliss-reactive ketones (excluding diaryl/α,β-unsaturated/α-hetero) is 1. The summed E-state index contributed by atoms with van der Waals surface area (Å²) in [6.45, 7) is 9.06. The van der Waals surface area contributed by atoms with Gasteiger partial charge in [-0.1, -0.05) is 0 Å².